The Hall–Kier alpha value is -0.720. The molecule has 2 bridgehead atoms. The van der Waals surface area contributed by atoms with Gasteiger partial charge in [-0.1, -0.05) is 0 Å². The van der Waals surface area contributed by atoms with E-state index in [4.69, 9.17) is 0 Å². The van der Waals surface area contributed by atoms with Crippen molar-refractivity contribution in [2.45, 2.75) is 24.8 Å². The number of halogens is 6. The summed E-state index contributed by atoms with van der Waals surface area (Å²) < 4.78 is 74.4. The predicted molar refractivity (Wildman–Crippen MR) is 39.0 cm³/mol. The fraction of sp³-hybridized carbons (Fsp3) is 0.750. The van der Waals surface area contributed by atoms with Crippen LogP contribution in [0.3, 0.4) is 0 Å². The largest absolute Gasteiger partial charge is 0.414 e. The average Bonchev–Trinajstić information content (AvgIpc) is 2.56. The molecule has 1 fully saturated rings. The van der Waals surface area contributed by atoms with Crippen molar-refractivity contribution in [1.29, 1.82) is 0 Å². The Bertz CT molecular complexity index is 282. The molecule has 0 aromatic rings. The topological polar surface area (TPSA) is 12.0 Å². The second kappa shape index (κ2) is 2.90. The number of hydrogen-bond acceptors (Lipinski definition) is 1. The average molecular weight is 231 g/mol. The molecule has 0 amide bonds. The molecule has 1 saturated heterocycles. The summed E-state index contributed by atoms with van der Waals surface area (Å²) in [6, 6.07) is -1.17. The number of alkyl halides is 6. The molecule has 1 nitrogen and oxygen atoms in total. The van der Waals surface area contributed by atoms with Crippen LogP contribution in [0.2, 0.25) is 0 Å². The molecular weight excluding hydrogens is 224 g/mol. The Kier molecular flexibility index (Phi) is 2.09. The molecule has 1 N–H and O–H groups in total. The molecule has 1 aliphatic heterocycles. The van der Waals surface area contributed by atoms with Crippen molar-refractivity contribution < 1.29 is 26.3 Å². The third kappa shape index (κ3) is 1.62. The maximum Gasteiger partial charge on any atom is 0.414 e. The van der Waals surface area contributed by atoms with E-state index in [-0.39, 0.29) is 13.0 Å². The first-order chi connectivity index (χ1) is 6.71. The molecule has 0 radical (unpaired) electrons. The second-order valence-electron chi connectivity index (χ2n) is 3.72. The third-order valence-corrected chi connectivity index (χ3v) is 2.79. The van der Waals surface area contributed by atoms with Gasteiger partial charge in [0.05, 0.1) is 5.57 Å². The highest BCUT2D eigenvalue weighted by Crippen LogP contribution is 2.50. The Labute approximate surface area is 81.1 Å². The Balaban J connectivity index is 2.49. The zero-order chi connectivity index (χ0) is 11.4. The molecule has 0 spiro atoms. The SMILES string of the molecule is FC(F)(F)C1=C(C(F)(F)F)C2CC1CN2. The van der Waals surface area contributed by atoms with E-state index in [1.54, 1.807) is 0 Å². The van der Waals surface area contributed by atoms with Crippen molar-refractivity contribution in [3.05, 3.63) is 11.1 Å². The van der Waals surface area contributed by atoms with Gasteiger partial charge in [-0.15, -0.1) is 0 Å². The van der Waals surface area contributed by atoms with Gasteiger partial charge in [0.25, 0.3) is 0 Å². The van der Waals surface area contributed by atoms with Gasteiger partial charge in [0.2, 0.25) is 0 Å². The number of hydrogen-bond donors (Lipinski definition) is 1. The highest BCUT2D eigenvalue weighted by molar-refractivity contribution is 5.38. The van der Waals surface area contributed by atoms with E-state index in [2.05, 4.69) is 5.32 Å². The van der Waals surface area contributed by atoms with Gasteiger partial charge in [-0.2, -0.15) is 26.3 Å². The molecule has 7 heteroatoms. The zero-order valence-corrected chi connectivity index (χ0v) is 7.34. The van der Waals surface area contributed by atoms with E-state index < -0.39 is 35.5 Å². The number of nitrogens with one attached hydrogen (secondary N) is 1. The highest BCUT2D eigenvalue weighted by atomic mass is 19.4. The monoisotopic (exact) mass is 231 g/mol. The van der Waals surface area contributed by atoms with Gasteiger partial charge in [0, 0.05) is 24.1 Å². The second-order valence-corrected chi connectivity index (χ2v) is 3.72. The minimum absolute atomic E-state index is 0.0148. The molecule has 1 aliphatic carbocycles. The van der Waals surface area contributed by atoms with Crippen molar-refractivity contribution in [1.82, 2.24) is 5.32 Å². The number of fused-ring (bicyclic) bond motifs is 2. The lowest BCUT2D eigenvalue weighted by Gasteiger charge is -2.24. The third-order valence-electron chi connectivity index (χ3n) is 2.79. The van der Waals surface area contributed by atoms with Crippen molar-refractivity contribution in [2.75, 3.05) is 6.54 Å². The fourth-order valence-electron chi connectivity index (χ4n) is 2.32. The lowest BCUT2D eigenvalue weighted by atomic mass is 9.99. The van der Waals surface area contributed by atoms with E-state index in [9.17, 15) is 26.3 Å². The van der Waals surface area contributed by atoms with Crippen LogP contribution in [0.25, 0.3) is 0 Å². The van der Waals surface area contributed by atoms with E-state index in [1.807, 2.05) is 0 Å². The molecule has 2 rings (SSSR count). The van der Waals surface area contributed by atoms with Crippen LogP contribution in [0.1, 0.15) is 6.42 Å². The summed E-state index contributed by atoms with van der Waals surface area (Å²) in [6.07, 6.45) is -9.85. The molecule has 86 valence electrons. The molecule has 2 atom stereocenters. The van der Waals surface area contributed by atoms with Crippen molar-refractivity contribution in [3.63, 3.8) is 0 Å². The minimum Gasteiger partial charge on any atom is -0.309 e. The van der Waals surface area contributed by atoms with Crippen LogP contribution >= 0.6 is 0 Å². The first-order valence-electron chi connectivity index (χ1n) is 4.33. The molecule has 15 heavy (non-hydrogen) atoms. The Morgan fingerprint density at radius 3 is 1.87 bits per heavy atom. The quantitative estimate of drug-likeness (QED) is 0.498. The van der Waals surface area contributed by atoms with Crippen molar-refractivity contribution in [3.8, 4) is 0 Å². The van der Waals surface area contributed by atoms with Crippen LogP contribution in [-0.4, -0.2) is 24.9 Å². The Morgan fingerprint density at radius 2 is 1.47 bits per heavy atom. The summed E-state index contributed by atoms with van der Waals surface area (Å²) in [4.78, 5) is 0. The van der Waals surface area contributed by atoms with Crippen LogP contribution in [0.5, 0.6) is 0 Å². The van der Waals surface area contributed by atoms with E-state index in [0.29, 0.717) is 0 Å². The van der Waals surface area contributed by atoms with Crippen LogP contribution in [0.4, 0.5) is 26.3 Å². The summed E-state index contributed by atoms with van der Waals surface area (Å²) in [5.41, 5.74) is -2.80. The van der Waals surface area contributed by atoms with Crippen LogP contribution in [0.15, 0.2) is 11.1 Å². The maximum absolute atomic E-state index is 12.4. The van der Waals surface area contributed by atoms with Gasteiger partial charge in [-0.25, -0.2) is 0 Å². The molecule has 2 aliphatic rings. The van der Waals surface area contributed by atoms with E-state index in [0.717, 1.165) is 0 Å². The first-order valence-corrected chi connectivity index (χ1v) is 4.33. The molecule has 0 aromatic carbocycles. The lowest BCUT2D eigenvalue weighted by molar-refractivity contribution is -0.120. The summed E-state index contributed by atoms with van der Waals surface area (Å²) in [7, 11) is 0. The molecule has 0 aromatic heterocycles. The summed E-state index contributed by atoms with van der Waals surface area (Å²) in [5, 5.41) is 2.44. The zero-order valence-electron chi connectivity index (χ0n) is 7.34. The van der Waals surface area contributed by atoms with Crippen LogP contribution in [0, 0.1) is 5.92 Å². The van der Waals surface area contributed by atoms with Gasteiger partial charge in [-0.3, -0.25) is 0 Å². The molecule has 1 heterocycles. The van der Waals surface area contributed by atoms with Gasteiger partial charge in [-0.05, 0) is 6.42 Å². The molecular formula is C8H7F6N. The molecule has 0 saturated carbocycles. The Morgan fingerprint density at radius 1 is 0.933 bits per heavy atom. The highest BCUT2D eigenvalue weighted by Gasteiger charge is 2.57. The van der Waals surface area contributed by atoms with Crippen molar-refractivity contribution in [2.24, 2.45) is 5.92 Å². The maximum atomic E-state index is 12.4. The van der Waals surface area contributed by atoms with Crippen LogP contribution < -0.4 is 5.32 Å². The first kappa shape index (κ1) is 10.8. The normalized spacial score (nSPS) is 31.6. The fourth-order valence-corrected chi connectivity index (χ4v) is 2.32. The molecule has 2 unspecified atom stereocenters. The minimum atomic E-state index is -4.89. The van der Waals surface area contributed by atoms with Gasteiger partial charge >= 0.3 is 12.4 Å². The summed E-state index contributed by atoms with van der Waals surface area (Å²) in [5.74, 6) is -1.04. The smallest absolute Gasteiger partial charge is 0.309 e. The summed E-state index contributed by atoms with van der Waals surface area (Å²) in [6.45, 7) is -0.0148. The van der Waals surface area contributed by atoms with Crippen molar-refractivity contribution >= 4 is 0 Å². The van der Waals surface area contributed by atoms with E-state index >= 15 is 0 Å². The number of rotatable bonds is 0. The lowest BCUT2D eigenvalue weighted by Crippen LogP contribution is -2.37. The van der Waals surface area contributed by atoms with Crippen LogP contribution in [-0.2, 0) is 0 Å². The van der Waals surface area contributed by atoms with E-state index in [1.165, 1.54) is 0 Å². The van der Waals surface area contributed by atoms with Gasteiger partial charge in [0.1, 0.15) is 0 Å². The van der Waals surface area contributed by atoms with Gasteiger partial charge < -0.3 is 5.32 Å². The standard InChI is InChI=1S/C8H7F6N/c9-7(10,11)5-3-1-4(15-2-3)6(5)8(12,13)14/h3-4,15H,1-2H2. The summed E-state index contributed by atoms with van der Waals surface area (Å²) >= 11 is 0. The predicted octanol–water partition coefficient (Wildman–Crippen LogP) is 2.40. The van der Waals surface area contributed by atoms with Gasteiger partial charge in [0.15, 0.2) is 0 Å².